The van der Waals surface area contributed by atoms with Crippen molar-refractivity contribution in [2.75, 3.05) is 11.9 Å². The monoisotopic (exact) mass is 277 g/mol. The van der Waals surface area contributed by atoms with Gasteiger partial charge >= 0.3 is 0 Å². The van der Waals surface area contributed by atoms with E-state index in [1.54, 1.807) is 18.2 Å². The molecule has 0 aliphatic heterocycles. The van der Waals surface area contributed by atoms with Crippen molar-refractivity contribution in [3.63, 3.8) is 0 Å². The van der Waals surface area contributed by atoms with E-state index < -0.39 is 0 Å². The van der Waals surface area contributed by atoms with Gasteiger partial charge in [0, 0.05) is 18.0 Å². The molecule has 0 unspecified atom stereocenters. The van der Waals surface area contributed by atoms with Crippen molar-refractivity contribution < 1.29 is 4.92 Å². The van der Waals surface area contributed by atoms with Crippen LogP contribution in [-0.4, -0.2) is 16.5 Å². The number of rotatable bonds is 5. The summed E-state index contributed by atoms with van der Waals surface area (Å²) in [6.07, 6.45) is 0. The van der Waals surface area contributed by atoms with E-state index >= 15 is 0 Å². The molecule has 1 aromatic carbocycles. The summed E-state index contributed by atoms with van der Waals surface area (Å²) in [5.74, 6) is 0.526. The van der Waals surface area contributed by atoms with Crippen LogP contribution < -0.4 is 5.32 Å². The van der Waals surface area contributed by atoms with Gasteiger partial charge in [-0.05, 0) is 12.0 Å². The largest absolute Gasteiger partial charge is 0.361 e. The summed E-state index contributed by atoms with van der Waals surface area (Å²) in [4.78, 5) is 15.0. The zero-order chi connectivity index (χ0) is 13.8. The van der Waals surface area contributed by atoms with Crippen LogP contribution in [0.15, 0.2) is 29.6 Å². The molecule has 1 heterocycles. The lowest BCUT2D eigenvalue weighted by atomic mass is 10.1. The van der Waals surface area contributed by atoms with Gasteiger partial charge in [-0.2, -0.15) is 0 Å². The molecule has 0 fully saturated rings. The van der Waals surface area contributed by atoms with Gasteiger partial charge < -0.3 is 5.32 Å². The van der Waals surface area contributed by atoms with Crippen LogP contribution in [0, 0.1) is 16.0 Å². The maximum atomic E-state index is 11.0. The third-order valence-corrected chi connectivity index (χ3v) is 3.34. The lowest BCUT2D eigenvalue weighted by molar-refractivity contribution is -0.384. The number of hydrogen-bond donors (Lipinski definition) is 1. The van der Waals surface area contributed by atoms with Crippen molar-refractivity contribution in [1.29, 1.82) is 0 Å². The Morgan fingerprint density at radius 3 is 2.84 bits per heavy atom. The summed E-state index contributed by atoms with van der Waals surface area (Å²) in [5.41, 5.74) is 1.29. The van der Waals surface area contributed by atoms with Crippen LogP contribution in [0.3, 0.4) is 0 Å². The Balaban J connectivity index is 2.25. The molecule has 0 saturated heterocycles. The number of nitrogens with zero attached hydrogens (tertiary/aromatic N) is 2. The zero-order valence-electron chi connectivity index (χ0n) is 10.8. The number of benzene rings is 1. The maximum absolute atomic E-state index is 11.0. The average molecular weight is 277 g/mol. The van der Waals surface area contributed by atoms with Crippen molar-refractivity contribution in [3.8, 4) is 11.3 Å². The van der Waals surface area contributed by atoms with E-state index in [1.807, 2.05) is 5.38 Å². The lowest BCUT2D eigenvalue weighted by Crippen LogP contribution is -2.07. The molecule has 0 atom stereocenters. The fourth-order valence-electron chi connectivity index (χ4n) is 1.62. The van der Waals surface area contributed by atoms with E-state index in [0.717, 1.165) is 11.7 Å². The first-order valence-corrected chi connectivity index (χ1v) is 6.89. The Bertz CT molecular complexity index is 581. The number of anilines is 1. The first kappa shape index (κ1) is 13.5. The summed E-state index contributed by atoms with van der Waals surface area (Å²) in [5, 5.41) is 16.8. The fourth-order valence-corrected chi connectivity index (χ4v) is 2.34. The van der Waals surface area contributed by atoms with Gasteiger partial charge in [0.2, 0.25) is 0 Å². The van der Waals surface area contributed by atoms with Crippen LogP contribution in [0.25, 0.3) is 11.3 Å². The van der Waals surface area contributed by atoms with Gasteiger partial charge in [-0.15, -0.1) is 11.3 Å². The summed E-state index contributed by atoms with van der Waals surface area (Å²) in [6, 6.07) is 6.66. The highest BCUT2D eigenvalue weighted by Crippen LogP contribution is 2.31. The number of hydrogen-bond acceptors (Lipinski definition) is 5. The predicted octanol–water partition coefficient (Wildman–Crippen LogP) is 3.79. The van der Waals surface area contributed by atoms with Crippen molar-refractivity contribution in [3.05, 3.63) is 39.8 Å². The molecule has 1 aromatic heterocycles. The first-order valence-electron chi connectivity index (χ1n) is 6.01. The normalized spacial score (nSPS) is 10.7. The standard InChI is InChI=1S/C13H15N3O2S/c1-9(2)7-14-13-15-11(8-19-13)10-5-3-4-6-12(10)16(17)18/h3-6,8-9H,7H2,1-2H3,(H,14,15). The van der Waals surface area contributed by atoms with Gasteiger partial charge in [-0.1, -0.05) is 26.0 Å². The maximum Gasteiger partial charge on any atom is 0.278 e. The second kappa shape index (κ2) is 5.79. The van der Waals surface area contributed by atoms with Crippen LogP contribution in [0.5, 0.6) is 0 Å². The van der Waals surface area contributed by atoms with Crippen molar-refractivity contribution in [2.24, 2.45) is 5.92 Å². The van der Waals surface area contributed by atoms with Gasteiger partial charge in [-0.3, -0.25) is 10.1 Å². The molecule has 5 nitrogen and oxygen atoms in total. The molecule has 0 amide bonds. The minimum absolute atomic E-state index is 0.0863. The Kier molecular flexibility index (Phi) is 4.11. The number of para-hydroxylation sites is 1. The summed E-state index contributed by atoms with van der Waals surface area (Å²) >= 11 is 1.46. The quantitative estimate of drug-likeness (QED) is 0.667. The van der Waals surface area contributed by atoms with E-state index in [2.05, 4.69) is 24.1 Å². The molecule has 0 aliphatic carbocycles. The highest BCUT2D eigenvalue weighted by atomic mass is 32.1. The van der Waals surface area contributed by atoms with Crippen LogP contribution in [0.1, 0.15) is 13.8 Å². The second-order valence-corrected chi connectivity index (χ2v) is 5.45. The van der Waals surface area contributed by atoms with E-state index in [1.165, 1.54) is 17.4 Å². The van der Waals surface area contributed by atoms with Crippen LogP contribution in [0.4, 0.5) is 10.8 Å². The molecule has 0 saturated carbocycles. The van der Waals surface area contributed by atoms with Gasteiger partial charge in [0.15, 0.2) is 5.13 Å². The molecule has 100 valence electrons. The third-order valence-electron chi connectivity index (χ3n) is 2.54. The number of thiazole rings is 1. The Morgan fingerprint density at radius 2 is 2.16 bits per heavy atom. The number of nitro groups is 1. The van der Waals surface area contributed by atoms with Crippen molar-refractivity contribution in [1.82, 2.24) is 4.98 Å². The van der Waals surface area contributed by atoms with E-state index in [0.29, 0.717) is 17.2 Å². The molecule has 2 rings (SSSR count). The van der Waals surface area contributed by atoms with Crippen LogP contribution in [-0.2, 0) is 0 Å². The van der Waals surface area contributed by atoms with Crippen LogP contribution >= 0.6 is 11.3 Å². The average Bonchev–Trinajstić information content (AvgIpc) is 2.85. The number of nitro benzene ring substituents is 1. The third kappa shape index (κ3) is 3.29. The first-order chi connectivity index (χ1) is 9.08. The zero-order valence-corrected chi connectivity index (χ0v) is 11.6. The number of aromatic nitrogens is 1. The van der Waals surface area contributed by atoms with Crippen molar-refractivity contribution in [2.45, 2.75) is 13.8 Å². The fraction of sp³-hybridized carbons (Fsp3) is 0.308. The molecule has 6 heteroatoms. The summed E-state index contributed by atoms with van der Waals surface area (Å²) < 4.78 is 0. The van der Waals surface area contributed by atoms with Gasteiger partial charge in [0.05, 0.1) is 16.2 Å². The molecule has 1 N–H and O–H groups in total. The van der Waals surface area contributed by atoms with Gasteiger partial charge in [0.1, 0.15) is 0 Å². The Morgan fingerprint density at radius 1 is 1.42 bits per heavy atom. The molecular weight excluding hydrogens is 262 g/mol. The molecule has 0 spiro atoms. The van der Waals surface area contributed by atoms with Crippen LogP contribution in [0.2, 0.25) is 0 Å². The highest BCUT2D eigenvalue weighted by molar-refractivity contribution is 7.14. The van der Waals surface area contributed by atoms with Gasteiger partial charge in [0.25, 0.3) is 5.69 Å². The predicted molar refractivity (Wildman–Crippen MR) is 77.5 cm³/mol. The van der Waals surface area contributed by atoms with E-state index in [4.69, 9.17) is 0 Å². The second-order valence-electron chi connectivity index (χ2n) is 4.59. The molecular formula is C13H15N3O2S. The highest BCUT2D eigenvalue weighted by Gasteiger charge is 2.16. The van der Waals surface area contributed by atoms with Gasteiger partial charge in [-0.25, -0.2) is 4.98 Å². The topological polar surface area (TPSA) is 68.1 Å². The summed E-state index contributed by atoms with van der Waals surface area (Å²) in [7, 11) is 0. The molecule has 0 radical (unpaired) electrons. The van der Waals surface area contributed by atoms with E-state index in [-0.39, 0.29) is 10.6 Å². The smallest absolute Gasteiger partial charge is 0.278 e. The molecule has 0 bridgehead atoms. The van der Waals surface area contributed by atoms with E-state index in [9.17, 15) is 10.1 Å². The summed E-state index contributed by atoms with van der Waals surface area (Å²) in [6.45, 7) is 5.07. The SMILES string of the molecule is CC(C)CNc1nc(-c2ccccc2[N+](=O)[O-])cs1. The Hall–Kier alpha value is -1.95. The molecule has 0 aliphatic rings. The Labute approximate surface area is 115 Å². The molecule has 2 aromatic rings. The minimum atomic E-state index is -0.379. The number of nitrogens with one attached hydrogen (secondary N) is 1. The molecule has 19 heavy (non-hydrogen) atoms. The van der Waals surface area contributed by atoms with Crippen molar-refractivity contribution >= 4 is 22.2 Å². The lowest BCUT2D eigenvalue weighted by Gasteiger charge is -2.04. The minimum Gasteiger partial charge on any atom is -0.361 e.